The molecular weight excluding hydrogens is 1190 g/mol. The molecule has 0 spiro atoms. The molecule has 31 nitrogen and oxygen atoms in total. The van der Waals surface area contributed by atoms with Crippen molar-refractivity contribution in [3.63, 3.8) is 0 Å². The zero-order chi connectivity index (χ0) is 69.2. The molecule has 0 bridgehead atoms. The van der Waals surface area contributed by atoms with Gasteiger partial charge in [0.15, 0.2) is 11.5 Å². The first kappa shape index (κ1) is 76.2. The van der Waals surface area contributed by atoms with Crippen LogP contribution in [0, 0.1) is 6.92 Å². The summed E-state index contributed by atoms with van der Waals surface area (Å²) in [7, 11) is 0. The zero-order valence-electron chi connectivity index (χ0n) is 56.3. The fourth-order valence-corrected chi connectivity index (χ4v) is 7.41. The molecule has 2 aromatic heterocycles. The first-order valence-corrected chi connectivity index (χ1v) is 29.5. The van der Waals surface area contributed by atoms with Crippen molar-refractivity contribution in [2.24, 2.45) is 9.98 Å². The number of aliphatic imine (C=N–C) groups is 2. The molecule has 2 heterocycles. The molecule has 3 aromatic rings. The number of amides is 7. The number of guanidine groups is 2. The Morgan fingerprint density at radius 2 is 0.890 bits per heavy atom. The molecule has 1 aromatic carbocycles. The number of carbonyl (C=O) groups is 9. The quantitative estimate of drug-likeness (QED) is 0.0147. The van der Waals surface area contributed by atoms with E-state index in [1.165, 1.54) is 19.1 Å². The number of hydrogen-bond acceptors (Lipinski definition) is 24. The van der Waals surface area contributed by atoms with Gasteiger partial charge in [-0.05, 0) is 175 Å². The summed E-state index contributed by atoms with van der Waals surface area (Å²) in [5, 5.41) is 25.4. The average molecular weight is 1290 g/mol. The minimum atomic E-state index is -1.57. The number of alkyl carbamates (subject to hydrolysis) is 6. The van der Waals surface area contributed by atoms with Crippen molar-refractivity contribution in [1.82, 2.24) is 52.5 Å². The molecule has 506 valence electrons. The van der Waals surface area contributed by atoms with Crippen LogP contribution in [0.3, 0.4) is 0 Å². The average Bonchev–Trinajstić information content (AvgIpc) is 1.70. The van der Waals surface area contributed by atoms with Gasteiger partial charge in [0.1, 0.15) is 62.8 Å². The van der Waals surface area contributed by atoms with E-state index in [4.69, 9.17) is 46.9 Å². The third-order valence-corrected chi connectivity index (χ3v) is 10.7. The van der Waals surface area contributed by atoms with Crippen LogP contribution in [-0.2, 0) is 38.0 Å². The fraction of sp³-hybridized carbons (Fsp3) is 0.633. The lowest BCUT2D eigenvalue weighted by Crippen LogP contribution is -2.47. The van der Waals surface area contributed by atoms with Crippen LogP contribution >= 0.6 is 0 Å². The van der Waals surface area contributed by atoms with Gasteiger partial charge < -0.3 is 62.9 Å². The molecule has 2 atom stereocenters. The molecule has 0 fully saturated rings. The molecule has 0 saturated carbocycles. The Morgan fingerprint density at radius 1 is 0.516 bits per heavy atom. The molecule has 91 heavy (non-hydrogen) atoms. The molecule has 7 amide bonds. The minimum Gasteiger partial charge on any atom is -0.444 e. The van der Waals surface area contributed by atoms with Gasteiger partial charge in [0.25, 0.3) is 5.91 Å². The Morgan fingerprint density at radius 3 is 1.23 bits per heavy atom. The molecule has 31 heteroatoms. The first-order chi connectivity index (χ1) is 41.7. The topological polar surface area (TPSA) is 401 Å². The Hall–Kier alpha value is -9.06. The Labute approximate surface area is 530 Å². The lowest BCUT2D eigenvalue weighted by molar-refractivity contribution is -0.137. The van der Waals surface area contributed by atoms with Gasteiger partial charge in [-0.15, -0.1) is 0 Å². The highest BCUT2D eigenvalue weighted by atomic mass is 16.6. The molecule has 0 aliphatic rings. The number of aromatic nitrogens is 3. The summed E-state index contributed by atoms with van der Waals surface area (Å²) in [4.78, 5) is 135. The van der Waals surface area contributed by atoms with Crippen LogP contribution in [0.4, 0.5) is 28.8 Å². The van der Waals surface area contributed by atoms with Crippen molar-refractivity contribution in [2.45, 2.75) is 230 Å². The van der Waals surface area contributed by atoms with Crippen LogP contribution in [0.1, 0.15) is 199 Å². The second-order valence-corrected chi connectivity index (χ2v) is 26.8. The predicted octanol–water partition coefficient (Wildman–Crippen LogP) is 9.54. The van der Waals surface area contributed by atoms with Gasteiger partial charge in [0, 0.05) is 32.6 Å². The number of aryl methyl sites for hydroxylation is 1. The maximum absolute atomic E-state index is 14.9. The van der Waals surface area contributed by atoms with Crippen LogP contribution in [0.25, 0.3) is 22.7 Å². The molecule has 7 N–H and O–H groups in total. The molecule has 0 saturated heterocycles. The van der Waals surface area contributed by atoms with Crippen molar-refractivity contribution < 1.29 is 90.1 Å². The Kier molecular flexibility index (Phi) is 26.9. The summed E-state index contributed by atoms with van der Waals surface area (Å²) in [5.41, 5.74) is -6.04. The number of nitrogens with one attached hydrogen (secondary N) is 7. The van der Waals surface area contributed by atoms with Crippen molar-refractivity contribution in [2.75, 3.05) is 19.6 Å². The molecule has 2 unspecified atom stereocenters. The van der Waals surface area contributed by atoms with E-state index in [1.54, 1.807) is 145 Å². The summed E-state index contributed by atoms with van der Waals surface area (Å²) in [6.45, 7) is 35.7. The van der Waals surface area contributed by atoms with E-state index >= 15 is 0 Å². The van der Waals surface area contributed by atoms with Crippen LogP contribution in [0.2, 0.25) is 0 Å². The maximum atomic E-state index is 14.9. The number of benzene rings is 1. The lowest BCUT2D eigenvalue weighted by Gasteiger charge is -2.24. The second kappa shape index (κ2) is 32.1. The number of hydrogen-bond donors (Lipinski definition) is 7. The smallest absolute Gasteiger partial charge is 0.414 e. The SMILES string of the molecule is CCNC(=O)c1noc(-c2cc(C(C)C)c(OC(=O)C(CCCN=C(NC(=O)OC(C)(C)C)NC(=O)OC(C)(C)C)NC(=O)OC(C)(C)C)cc2OC(=O)C(CCCN=C(NC(=O)OC(C)(C)C)NC(=O)OC(C)(C)C)NC(=O)OC(C)(C)C)c1-c1noc(C)n1. The van der Waals surface area contributed by atoms with Crippen LogP contribution < -0.4 is 46.7 Å². The normalized spacial score (nSPS) is 12.6. The van der Waals surface area contributed by atoms with Gasteiger partial charge in [0.2, 0.25) is 23.6 Å². The largest absolute Gasteiger partial charge is 0.444 e. The summed E-state index contributed by atoms with van der Waals surface area (Å²) < 4.78 is 56.1. The van der Waals surface area contributed by atoms with Gasteiger partial charge in [-0.25, -0.2) is 38.4 Å². The maximum Gasteiger partial charge on any atom is 0.414 e. The number of nitrogens with zero attached hydrogens (tertiary/aromatic N) is 5. The number of esters is 2. The van der Waals surface area contributed by atoms with Gasteiger partial charge in [-0.1, -0.05) is 24.2 Å². The molecule has 0 aliphatic carbocycles. The van der Waals surface area contributed by atoms with Crippen LogP contribution in [0.5, 0.6) is 11.5 Å². The van der Waals surface area contributed by atoms with Crippen molar-refractivity contribution in [3.05, 3.63) is 29.3 Å². The Bertz CT molecular complexity index is 3060. The molecule has 0 aliphatic heterocycles. The van der Waals surface area contributed by atoms with E-state index in [-0.39, 0.29) is 103 Å². The van der Waals surface area contributed by atoms with Crippen molar-refractivity contribution in [3.8, 4) is 34.2 Å². The van der Waals surface area contributed by atoms with Gasteiger partial charge in [-0.2, -0.15) is 4.98 Å². The summed E-state index contributed by atoms with van der Waals surface area (Å²) in [6, 6.07) is -0.447. The third-order valence-electron chi connectivity index (χ3n) is 10.7. The summed E-state index contributed by atoms with van der Waals surface area (Å²) in [6.07, 6.45) is -6.37. The van der Waals surface area contributed by atoms with Crippen molar-refractivity contribution >= 4 is 66.3 Å². The first-order valence-electron chi connectivity index (χ1n) is 29.5. The number of ether oxygens (including phenoxy) is 8. The highest BCUT2D eigenvalue weighted by Gasteiger charge is 2.35. The lowest BCUT2D eigenvalue weighted by atomic mass is 9.95. The zero-order valence-corrected chi connectivity index (χ0v) is 56.3. The third kappa shape index (κ3) is 29.0. The molecule has 0 radical (unpaired) electrons. The van der Waals surface area contributed by atoms with E-state index in [2.05, 4.69) is 62.5 Å². The van der Waals surface area contributed by atoms with Crippen molar-refractivity contribution in [1.29, 1.82) is 0 Å². The fourth-order valence-electron chi connectivity index (χ4n) is 7.41. The summed E-state index contributed by atoms with van der Waals surface area (Å²) in [5.74, 6) is -5.09. The minimum absolute atomic E-state index is 0.0131. The highest BCUT2D eigenvalue weighted by Crippen LogP contribution is 2.44. The molecule has 3 rings (SSSR count). The Balaban J connectivity index is 2.30. The van der Waals surface area contributed by atoms with Crippen LogP contribution in [-0.4, -0.2) is 147 Å². The summed E-state index contributed by atoms with van der Waals surface area (Å²) >= 11 is 0. The number of carbonyl (C=O) groups excluding carboxylic acids is 9. The van der Waals surface area contributed by atoms with E-state index in [1.807, 2.05) is 0 Å². The van der Waals surface area contributed by atoms with E-state index in [9.17, 15) is 43.2 Å². The van der Waals surface area contributed by atoms with E-state index in [0.29, 0.717) is 0 Å². The monoisotopic (exact) mass is 1280 g/mol. The van der Waals surface area contributed by atoms with E-state index in [0.717, 1.165) is 0 Å². The number of rotatable bonds is 19. The van der Waals surface area contributed by atoms with Gasteiger partial charge in [-0.3, -0.25) is 36.0 Å². The predicted molar refractivity (Wildman–Crippen MR) is 330 cm³/mol. The second-order valence-electron chi connectivity index (χ2n) is 26.8. The van der Waals surface area contributed by atoms with Gasteiger partial charge >= 0.3 is 48.5 Å². The van der Waals surface area contributed by atoms with Crippen LogP contribution in [0.15, 0.2) is 31.2 Å². The van der Waals surface area contributed by atoms with Gasteiger partial charge in [0.05, 0.1) is 5.56 Å². The van der Waals surface area contributed by atoms with E-state index < -0.39 is 112 Å². The highest BCUT2D eigenvalue weighted by molar-refractivity contribution is 6.03. The molecular formula is C60H92N12O19. The standard InChI is InChI=1S/C60H92N12O19/c1-23-61-44(73)41-40(43-64-33(4)90-72-43)42(91-71-41)35-30-34(32(2)3)38(82-45(74)36(65-49(76)84-55(5,6)7)26-24-28-62-47(67-51(78)86-57(11,12)13)68-52(79)87-58(14,15)16)31-39(35)83-46(75)37(66-50(77)85-56(8,9)10)27-25-29-63-48(69-53(80)88-59(17,18)19)70-54(81)89-60(20,21)22/h30-32,36-37H,23-29H2,1-22H3,(H,61,73)(H,65,76)(H,66,77)(H2,62,67,68,78,79)(H2,63,69,70,80,81).